The number of carbonyl (C=O) groups is 1. The monoisotopic (exact) mass is 453 g/mol. The lowest BCUT2D eigenvalue weighted by Gasteiger charge is -2.23. The zero-order chi connectivity index (χ0) is 24.1. The highest BCUT2D eigenvalue weighted by Gasteiger charge is 2.24. The summed E-state index contributed by atoms with van der Waals surface area (Å²) in [5, 5.41) is 33.0. The molecule has 0 fully saturated rings. The highest BCUT2D eigenvalue weighted by atomic mass is 16.5. The fourth-order valence-corrected chi connectivity index (χ4v) is 3.69. The minimum absolute atomic E-state index is 0.0440. The lowest BCUT2D eigenvalue weighted by molar-refractivity contribution is 0.130. The molecular weight excluding hydrogens is 422 g/mol. The first-order valence-electron chi connectivity index (χ1n) is 10.8. The summed E-state index contributed by atoms with van der Waals surface area (Å²) in [7, 11) is 1.88. The number of ether oxygens (including phenoxy) is 1. The first-order valence-corrected chi connectivity index (χ1v) is 10.8. The largest absolute Gasteiger partial charge is 0.508 e. The van der Waals surface area contributed by atoms with Crippen LogP contribution in [0.4, 0.5) is 10.5 Å². The second kappa shape index (κ2) is 10.4. The van der Waals surface area contributed by atoms with Crippen LogP contribution in [-0.2, 0) is 11.3 Å². The summed E-state index contributed by atoms with van der Waals surface area (Å²) in [6.45, 7) is 6.45. The van der Waals surface area contributed by atoms with Gasteiger partial charge in [-0.2, -0.15) is 0 Å². The lowest BCUT2D eigenvalue weighted by atomic mass is 9.98. The third-order valence-electron chi connectivity index (χ3n) is 5.45. The minimum atomic E-state index is -0.852. The predicted octanol–water partition coefficient (Wildman–Crippen LogP) is 3.32. The minimum Gasteiger partial charge on any atom is -0.508 e. The molecule has 0 spiro atoms. The number of aromatic hydroxyl groups is 2. The quantitative estimate of drug-likeness (QED) is 0.192. The second-order valence-electron chi connectivity index (χ2n) is 8.07. The number of carbonyl (C=O) groups excluding carboxylic acids is 1. The van der Waals surface area contributed by atoms with Gasteiger partial charge in [0, 0.05) is 36.3 Å². The summed E-state index contributed by atoms with van der Waals surface area (Å²) >= 11 is 0. The van der Waals surface area contributed by atoms with Crippen molar-refractivity contribution in [1.82, 2.24) is 9.88 Å². The molecule has 0 radical (unpaired) electrons. The number of primary amides is 1. The Labute approximate surface area is 192 Å². The van der Waals surface area contributed by atoms with Gasteiger partial charge >= 0.3 is 6.03 Å². The molecule has 176 valence electrons. The van der Waals surface area contributed by atoms with Crippen molar-refractivity contribution in [2.75, 3.05) is 31.7 Å². The van der Waals surface area contributed by atoms with Crippen LogP contribution >= 0.6 is 0 Å². The molecule has 33 heavy (non-hydrogen) atoms. The Morgan fingerprint density at radius 3 is 2.61 bits per heavy atom. The Bertz CT molecular complexity index is 1160. The van der Waals surface area contributed by atoms with Crippen molar-refractivity contribution in [3.05, 3.63) is 53.7 Å². The van der Waals surface area contributed by atoms with Crippen LogP contribution in [0.2, 0.25) is 0 Å². The van der Waals surface area contributed by atoms with Crippen molar-refractivity contribution in [3.8, 4) is 11.5 Å². The standard InChI is InChI=1S/C24H31N5O4/c1-15(2)18-13-19(22(31)14-21(18)30)23(25)29(24(26)32)17-4-5-20-16(12-17)6-8-28(20)9-11-33-10-7-27-3/h4-6,8,12-15,25,27,30-31H,7,9-11H2,1-3H3,(H2,26,32). The molecule has 0 bridgehead atoms. The number of phenolic OH excluding ortho intramolecular Hbond substituents is 2. The van der Waals surface area contributed by atoms with Gasteiger partial charge in [0.15, 0.2) is 0 Å². The average Bonchev–Trinajstić information content (AvgIpc) is 3.15. The highest BCUT2D eigenvalue weighted by molar-refractivity contribution is 6.22. The van der Waals surface area contributed by atoms with E-state index in [1.54, 1.807) is 12.1 Å². The Morgan fingerprint density at radius 2 is 1.94 bits per heavy atom. The van der Waals surface area contributed by atoms with Gasteiger partial charge in [0.25, 0.3) is 0 Å². The van der Waals surface area contributed by atoms with Gasteiger partial charge in [0.2, 0.25) is 0 Å². The average molecular weight is 454 g/mol. The summed E-state index contributed by atoms with van der Waals surface area (Å²) in [4.78, 5) is 13.4. The maximum absolute atomic E-state index is 12.3. The van der Waals surface area contributed by atoms with Crippen LogP contribution < -0.4 is 16.0 Å². The van der Waals surface area contributed by atoms with E-state index in [1.165, 1.54) is 12.1 Å². The summed E-state index contributed by atoms with van der Waals surface area (Å²) in [5.74, 6) is -0.697. The normalized spacial score (nSPS) is 11.3. The summed E-state index contributed by atoms with van der Waals surface area (Å²) in [6, 6.07) is 9.10. The molecule has 2 amide bonds. The number of urea groups is 1. The van der Waals surface area contributed by atoms with E-state index in [1.807, 2.05) is 39.2 Å². The number of hydrogen-bond acceptors (Lipinski definition) is 6. The van der Waals surface area contributed by atoms with Crippen LogP contribution in [0.15, 0.2) is 42.6 Å². The molecule has 0 aliphatic carbocycles. The first kappa shape index (κ1) is 24.1. The number of hydrogen-bond donors (Lipinski definition) is 5. The molecule has 1 heterocycles. The Kier molecular flexibility index (Phi) is 7.57. The predicted molar refractivity (Wildman–Crippen MR) is 129 cm³/mol. The van der Waals surface area contributed by atoms with Crippen molar-refractivity contribution in [3.63, 3.8) is 0 Å². The summed E-state index contributed by atoms with van der Waals surface area (Å²) in [6.07, 6.45) is 1.94. The Morgan fingerprint density at radius 1 is 1.18 bits per heavy atom. The van der Waals surface area contributed by atoms with E-state index in [2.05, 4.69) is 9.88 Å². The molecule has 6 N–H and O–H groups in total. The van der Waals surface area contributed by atoms with Gasteiger partial charge in [0.05, 0.1) is 24.5 Å². The van der Waals surface area contributed by atoms with Gasteiger partial charge < -0.3 is 30.6 Å². The van der Waals surface area contributed by atoms with E-state index >= 15 is 0 Å². The van der Waals surface area contributed by atoms with Crippen LogP contribution in [0, 0.1) is 5.41 Å². The summed E-state index contributed by atoms with van der Waals surface area (Å²) in [5.41, 5.74) is 7.65. The number of rotatable bonds is 9. The third kappa shape index (κ3) is 5.27. The number of likely N-dealkylation sites (N-methyl/N-ethyl adjacent to an activating group) is 1. The molecule has 9 heteroatoms. The second-order valence-corrected chi connectivity index (χ2v) is 8.07. The number of nitrogens with one attached hydrogen (secondary N) is 2. The number of nitrogens with zero attached hydrogens (tertiary/aromatic N) is 2. The third-order valence-corrected chi connectivity index (χ3v) is 5.45. The SMILES string of the molecule is CNCCOCCn1ccc2cc(N(C(=N)c3cc(C(C)C)c(O)cc3O)C(N)=O)ccc21. The topological polar surface area (TPSA) is 137 Å². The van der Waals surface area contributed by atoms with Crippen molar-refractivity contribution >= 4 is 28.5 Å². The molecule has 9 nitrogen and oxygen atoms in total. The van der Waals surface area contributed by atoms with E-state index in [-0.39, 0.29) is 28.8 Å². The van der Waals surface area contributed by atoms with Crippen molar-refractivity contribution < 1.29 is 19.7 Å². The van der Waals surface area contributed by atoms with E-state index < -0.39 is 6.03 Å². The molecule has 2 aromatic carbocycles. The van der Waals surface area contributed by atoms with Crippen molar-refractivity contribution in [2.45, 2.75) is 26.3 Å². The van der Waals surface area contributed by atoms with Crippen molar-refractivity contribution in [1.29, 1.82) is 5.41 Å². The number of phenols is 2. The van der Waals surface area contributed by atoms with Gasteiger partial charge in [-0.25, -0.2) is 9.69 Å². The van der Waals surface area contributed by atoms with Crippen LogP contribution in [0.1, 0.15) is 30.9 Å². The van der Waals surface area contributed by atoms with Gasteiger partial charge in [-0.15, -0.1) is 0 Å². The fourth-order valence-electron chi connectivity index (χ4n) is 3.69. The maximum Gasteiger partial charge on any atom is 0.325 e. The number of benzene rings is 2. The number of anilines is 1. The Balaban J connectivity index is 1.89. The van der Waals surface area contributed by atoms with Crippen molar-refractivity contribution in [2.24, 2.45) is 5.73 Å². The van der Waals surface area contributed by atoms with E-state index in [4.69, 9.17) is 15.9 Å². The fraction of sp³-hybridized carbons (Fsp3) is 0.333. The van der Waals surface area contributed by atoms with Crippen LogP contribution in [0.25, 0.3) is 10.9 Å². The first-order chi connectivity index (χ1) is 15.7. The molecule has 3 rings (SSSR count). The van der Waals surface area contributed by atoms with E-state index in [0.29, 0.717) is 31.0 Å². The zero-order valence-corrected chi connectivity index (χ0v) is 19.1. The molecule has 0 atom stereocenters. The van der Waals surface area contributed by atoms with Crippen LogP contribution in [0.3, 0.4) is 0 Å². The molecule has 0 aliphatic rings. The summed E-state index contributed by atoms with van der Waals surface area (Å²) < 4.78 is 7.65. The molecule has 3 aromatic rings. The van der Waals surface area contributed by atoms with Gasteiger partial charge in [-0.3, -0.25) is 5.41 Å². The molecule has 0 unspecified atom stereocenters. The molecule has 0 saturated heterocycles. The number of fused-ring (bicyclic) bond motifs is 1. The zero-order valence-electron chi connectivity index (χ0n) is 19.1. The lowest BCUT2D eigenvalue weighted by Crippen LogP contribution is -2.41. The maximum atomic E-state index is 12.3. The molecule has 1 aromatic heterocycles. The highest BCUT2D eigenvalue weighted by Crippen LogP contribution is 2.34. The van der Waals surface area contributed by atoms with E-state index in [9.17, 15) is 15.0 Å². The van der Waals surface area contributed by atoms with Crippen LogP contribution in [0.5, 0.6) is 11.5 Å². The van der Waals surface area contributed by atoms with Gasteiger partial charge in [-0.1, -0.05) is 13.8 Å². The van der Waals surface area contributed by atoms with Gasteiger partial charge in [0.1, 0.15) is 17.3 Å². The molecule has 0 aliphatic heterocycles. The van der Waals surface area contributed by atoms with Gasteiger partial charge in [-0.05, 0) is 48.9 Å². The molecule has 0 saturated carbocycles. The number of amides is 2. The molecular formula is C24H31N5O4. The number of amidine groups is 1. The van der Waals surface area contributed by atoms with E-state index in [0.717, 1.165) is 22.3 Å². The smallest absolute Gasteiger partial charge is 0.325 e. The Hall–Kier alpha value is -3.56. The number of nitrogens with two attached hydrogens (primary N) is 1. The number of aromatic nitrogens is 1. The van der Waals surface area contributed by atoms with Crippen LogP contribution in [-0.4, -0.2) is 53.5 Å².